The van der Waals surface area contributed by atoms with Gasteiger partial charge in [-0.3, -0.25) is 52.7 Å². The van der Waals surface area contributed by atoms with E-state index in [0.29, 0.717) is 114 Å². The Balaban J connectivity index is 0.000000165. The predicted octanol–water partition coefficient (Wildman–Crippen LogP) is 25.5. The molecule has 10 aromatic carbocycles. The first-order valence-corrected chi connectivity index (χ1v) is 49.2. The van der Waals surface area contributed by atoms with Crippen molar-refractivity contribution in [3.05, 3.63) is 393 Å². The first-order valence-electron chi connectivity index (χ1n) is 43.9. The topological polar surface area (TPSA) is 393 Å². The van der Waals surface area contributed by atoms with E-state index >= 15 is 0 Å². The third-order valence-corrected chi connectivity index (χ3v) is 29.2. The second-order valence-corrected chi connectivity index (χ2v) is 38.2. The molecule has 0 aliphatic carbocycles. The molecule has 16 rings (SSSR count). The molecular weight excluding hydrogens is 1960 g/mol. The molecule has 143 heavy (non-hydrogen) atoms. The van der Waals surface area contributed by atoms with Crippen molar-refractivity contribution in [3.63, 3.8) is 0 Å². The molecule has 730 valence electrons. The molecule has 31 heteroatoms. The molecule has 0 saturated heterocycles. The molecule has 0 bridgehead atoms. The summed E-state index contributed by atoms with van der Waals surface area (Å²) in [5.41, 5.74) is 11.6. The van der Waals surface area contributed by atoms with Gasteiger partial charge in [-0.2, -0.15) is 0 Å². The largest absolute Gasteiger partial charge is 0.497 e. The third kappa shape index (κ3) is 29.7. The van der Waals surface area contributed by atoms with Gasteiger partial charge in [0.05, 0.1) is 97.0 Å². The average molecular weight is 2050 g/mol. The van der Waals surface area contributed by atoms with Crippen molar-refractivity contribution < 1.29 is 117 Å². The number of ketones is 5. The molecule has 6 heterocycles. The summed E-state index contributed by atoms with van der Waals surface area (Å²) in [4.78, 5) is 148. The van der Waals surface area contributed by atoms with Crippen LogP contribution in [0.5, 0.6) is 28.7 Å². The zero-order chi connectivity index (χ0) is 103. The maximum absolute atomic E-state index is 12.9. The first-order chi connectivity index (χ1) is 68.7. The first kappa shape index (κ1) is 108. The number of methoxy groups -OCH3 is 4. The summed E-state index contributed by atoms with van der Waals surface area (Å²) < 4.78 is 26.3. The van der Waals surface area contributed by atoms with E-state index in [-0.39, 0.29) is 65.9 Å². The minimum absolute atomic E-state index is 0.0335. The summed E-state index contributed by atoms with van der Waals surface area (Å²) in [5, 5.41) is 64.7. The van der Waals surface area contributed by atoms with Gasteiger partial charge < -0.3 is 59.4 Å². The van der Waals surface area contributed by atoms with Crippen molar-refractivity contribution >= 4 is 150 Å². The van der Waals surface area contributed by atoms with Gasteiger partial charge in [-0.15, -0.1) is 68.0 Å². The molecule has 2 unspecified atom stereocenters. The van der Waals surface area contributed by atoms with Gasteiger partial charge in [0.1, 0.15) is 22.1 Å². The smallest absolute Gasteiger partial charge is 0.345 e. The van der Waals surface area contributed by atoms with Crippen molar-refractivity contribution in [1.29, 1.82) is 0 Å². The third-order valence-electron chi connectivity index (χ3n) is 21.5. The number of aliphatic carboxylic acids is 6. The van der Waals surface area contributed by atoms with E-state index in [0.717, 1.165) is 80.4 Å². The molecule has 0 aliphatic rings. The minimum Gasteiger partial charge on any atom is -0.497 e. The van der Waals surface area contributed by atoms with Crippen LogP contribution in [0.25, 0.3) is 62.6 Å². The molecule has 0 fully saturated rings. The second-order valence-electron chi connectivity index (χ2n) is 31.4. The molecule has 16 aromatic rings. The van der Waals surface area contributed by atoms with Crippen LogP contribution in [0, 0.1) is 0 Å². The zero-order valence-corrected chi connectivity index (χ0v) is 83.8. The minimum atomic E-state index is -1.05. The highest BCUT2D eigenvalue weighted by atomic mass is 35.5. The lowest BCUT2D eigenvalue weighted by atomic mass is 9.98. The number of hydrogen-bond acceptors (Lipinski definition) is 23. The standard InChI is InChI=1S/C24H24O6S.C21H18O4S.C20H16O3S.C19H13ClO3S.C14H12O5S.C14H12O3S/c1-4-30-18-8-5-15(6-9-18)11-19(25)22-13-17(14-23(26)27)24(31-22)16-7-10-20(28-2)21(12-16)29-3;1-13(21(23)24)17-12-18(26-20(17)15-6-4-3-5-7-15)19(22)14-8-10-16(25-2)11-9-14;1-13(20(22)23)16-12-17(18(21)14-8-4-2-5-9-14)24-19(16)15-10-6-3-7-11-15;20-15-8-6-12(7-9-15)18(23)16-10-14(11-17(21)22)19(24-16)13-4-2-1-3-5-13;1-19-10-4-2-8(3-5-10)13-9(7-12(15)16)6-11(20-13)14(17)18;1-9(15)12-7-11(8-13(16)17)14(18-12)10-5-3-2-4-6-10/h5-10,12-13H,4,11,14H2,1-3H3,(H,26,27);3-13H,1-2H3,(H,23,24);2-13H,1H3,(H,22,23);1-10H,11H2,(H,21,22);2-6H,7H2,1H3,(H,15,16)(H,17,18);2-7H,8H2,1H3,(H,16,17). The number of ether oxygens (including phenoxy) is 5. The molecule has 6 aromatic heterocycles. The van der Waals surface area contributed by atoms with E-state index < -0.39 is 53.6 Å². The molecule has 7 N–H and O–H groups in total. The van der Waals surface area contributed by atoms with Crippen molar-refractivity contribution in [2.75, 3.05) is 35.0 Å². The quantitative estimate of drug-likeness (QED) is 0.0181. The normalized spacial score (nSPS) is 10.9. The van der Waals surface area contributed by atoms with Crippen molar-refractivity contribution in [2.45, 2.75) is 71.6 Å². The van der Waals surface area contributed by atoms with Crippen LogP contribution in [0.1, 0.15) is 153 Å². The van der Waals surface area contributed by atoms with E-state index in [2.05, 4.69) is 0 Å². The number of carbonyl (C=O) groups excluding carboxylic acids is 5. The number of carboxylic acid groups (broad SMARTS) is 7. The molecular formula is C112H95ClO24S6. The molecule has 0 spiro atoms. The Morgan fingerprint density at radius 3 is 0.986 bits per heavy atom. The fourth-order valence-electron chi connectivity index (χ4n) is 14.4. The summed E-state index contributed by atoms with van der Waals surface area (Å²) >= 11 is 13.6. The highest BCUT2D eigenvalue weighted by molar-refractivity contribution is 7.19. The van der Waals surface area contributed by atoms with Crippen LogP contribution in [-0.2, 0) is 60.9 Å². The maximum Gasteiger partial charge on any atom is 0.345 e. The van der Waals surface area contributed by atoms with E-state index in [1.807, 2.05) is 177 Å². The van der Waals surface area contributed by atoms with Gasteiger partial charge in [0.25, 0.3) is 0 Å². The number of halogens is 1. The predicted molar refractivity (Wildman–Crippen MR) is 559 cm³/mol. The van der Waals surface area contributed by atoms with E-state index in [4.69, 9.17) is 55.7 Å². The summed E-state index contributed by atoms with van der Waals surface area (Å²) in [6, 6.07) is 90.5. The Labute approximate surface area is 852 Å². The number of benzene rings is 10. The van der Waals surface area contributed by atoms with Gasteiger partial charge in [0, 0.05) is 57.4 Å². The van der Waals surface area contributed by atoms with Crippen LogP contribution < -0.4 is 23.7 Å². The fraction of sp³-hybridized carbons (Fsp3) is 0.143. The number of carbonyl (C=O) groups is 12. The van der Waals surface area contributed by atoms with Crippen LogP contribution in [0.15, 0.2) is 303 Å². The molecule has 0 saturated carbocycles. The zero-order valence-electron chi connectivity index (χ0n) is 78.2. The van der Waals surface area contributed by atoms with Crippen LogP contribution in [0.4, 0.5) is 0 Å². The monoisotopic (exact) mass is 2050 g/mol. The Hall–Kier alpha value is -15.7. The van der Waals surface area contributed by atoms with E-state index in [1.54, 1.807) is 170 Å². The van der Waals surface area contributed by atoms with Gasteiger partial charge in [-0.05, 0) is 240 Å². The Kier molecular flexibility index (Phi) is 39.2. The Bertz CT molecular complexity index is 7170. The summed E-state index contributed by atoms with van der Waals surface area (Å²) in [5.74, 6) is -5.19. The lowest BCUT2D eigenvalue weighted by molar-refractivity contribution is -0.139. The Morgan fingerprint density at radius 2 is 0.608 bits per heavy atom. The summed E-state index contributed by atoms with van der Waals surface area (Å²) in [6.45, 7) is 7.27. The van der Waals surface area contributed by atoms with Gasteiger partial charge in [0.15, 0.2) is 23.1 Å². The number of thiophene rings is 6. The lowest BCUT2D eigenvalue weighted by Gasteiger charge is -2.09. The maximum atomic E-state index is 12.9. The van der Waals surface area contributed by atoms with E-state index in [1.165, 1.54) is 69.7 Å². The van der Waals surface area contributed by atoms with Crippen LogP contribution in [-0.4, -0.2) is 141 Å². The molecule has 0 aliphatic heterocycles. The summed E-state index contributed by atoms with van der Waals surface area (Å²) in [6.07, 6.45) is -0.324. The lowest BCUT2D eigenvalue weighted by Crippen LogP contribution is -2.07. The number of aromatic carboxylic acids is 1. The van der Waals surface area contributed by atoms with Crippen LogP contribution in [0.2, 0.25) is 5.02 Å². The van der Waals surface area contributed by atoms with E-state index in [9.17, 15) is 72.9 Å². The molecule has 0 amide bonds. The van der Waals surface area contributed by atoms with Gasteiger partial charge in [-0.25, -0.2) is 4.79 Å². The van der Waals surface area contributed by atoms with Crippen molar-refractivity contribution in [1.82, 2.24) is 0 Å². The Morgan fingerprint density at radius 1 is 0.301 bits per heavy atom. The number of Topliss-reactive ketones (excluding diaryl/α,β-unsaturated/α-hetero) is 2. The fourth-order valence-corrected chi connectivity index (χ4v) is 21.3. The SMILES string of the molecule is CC(=O)c1cc(CC(=O)O)c(-c2ccccc2)s1.CC(C(=O)O)c1cc(C(=O)c2ccccc2)sc1-c1ccccc1.CCOc1ccc(CC(=O)c2cc(CC(=O)O)c(-c3ccc(OC)c(OC)c3)s2)cc1.COc1ccc(-c2sc(C(=O)O)cc2CC(=O)O)cc1.COc1ccc(C(=O)c2cc(C(C)C(=O)O)c(-c3ccccc3)s2)cc1.O=C(O)Cc1cc(C(=O)c2ccc(Cl)cc2)sc1-c1ccccc1. The second kappa shape index (κ2) is 52.0. The highest BCUT2D eigenvalue weighted by Gasteiger charge is 2.29. The van der Waals surface area contributed by atoms with Gasteiger partial charge in [0.2, 0.25) is 17.3 Å². The van der Waals surface area contributed by atoms with Gasteiger partial charge >= 0.3 is 41.8 Å². The molecule has 24 nitrogen and oxygen atoms in total. The number of rotatable bonds is 35. The van der Waals surface area contributed by atoms with Gasteiger partial charge in [-0.1, -0.05) is 175 Å². The highest BCUT2D eigenvalue weighted by Crippen LogP contribution is 2.44. The van der Waals surface area contributed by atoms with Crippen LogP contribution >= 0.6 is 79.6 Å². The number of carboxylic acids is 7. The molecule has 0 radical (unpaired) electrons. The van der Waals surface area contributed by atoms with Crippen LogP contribution in [0.3, 0.4) is 0 Å². The molecule has 2 atom stereocenters. The van der Waals surface area contributed by atoms with Crippen molar-refractivity contribution in [3.8, 4) is 91.4 Å². The van der Waals surface area contributed by atoms with Crippen molar-refractivity contribution in [2.24, 2.45) is 0 Å². The number of hydrogen-bond donors (Lipinski definition) is 7. The summed E-state index contributed by atoms with van der Waals surface area (Å²) in [7, 11) is 6.22. The average Bonchev–Trinajstić information content (AvgIpc) is 1.64.